The molecule has 3 nitrogen and oxygen atoms in total. The number of hydrogen-bond acceptors (Lipinski definition) is 2. The summed E-state index contributed by atoms with van der Waals surface area (Å²) in [5.41, 5.74) is 2.87. The highest BCUT2D eigenvalue weighted by Crippen LogP contribution is 2.30. The number of Topliss-reactive ketones (excluding diaryl/α,β-unsaturated/α-hetero) is 1. The minimum atomic E-state index is -0.00224. The van der Waals surface area contributed by atoms with Gasteiger partial charge in [0.15, 0.2) is 5.78 Å². The van der Waals surface area contributed by atoms with Crippen molar-refractivity contribution in [2.45, 2.75) is 39.3 Å². The van der Waals surface area contributed by atoms with Gasteiger partial charge in [0, 0.05) is 23.6 Å². The lowest BCUT2D eigenvalue weighted by molar-refractivity contribution is 0.101. The molecule has 4 heteroatoms. The average Bonchev–Trinajstić information content (AvgIpc) is 2.82. The van der Waals surface area contributed by atoms with Crippen LogP contribution in [0, 0.1) is 13.8 Å². The quantitative estimate of drug-likeness (QED) is 0.614. The van der Waals surface area contributed by atoms with Gasteiger partial charge in [-0.25, -0.2) is 0 Å². The van der Waals surface area contributed by atoms with Crippen LogP contribution in [-0.2, 0) is 4.74 Å². The molecule has 0 aliphatic carbocycles. The van der Waals surface area contributed by atoms with Gasteiger partial charge in [-0.15, -0.1) is 11.6 Å². The number of alkyl halides is 1. The molecule has 0 N–H and O–H groups in total. The molecule has 1 fully saturated rings. The van der Waals surface area contributed by atoms with Gasteiger partial charge in [0.25, 0.3) is 0 Å². The predicted octanol–water partition coefficient (Wildman–Crippen LogP) is 2.88. The molecule has 2 rings (SSSR count). The molecule has 94 valence electrons. The van der Waals surface area contributed by atoms with Gasteiger partial charge in [0.2, 0.25) is 0 Å². The van der Waals surface area contributed by atoms with E-state index in [1.807, 2.05) is 19.9 Å². The molecule has 0 spiro atoms. The number of carbonyl (C=O) groups excluding carboxylic acids is 1. The highest BCUT2D eigenvalue weighted by atomic mass is 35.5. The van der Waals surface area contributed by atoms with Crippen LogP contribution in [0.2, 0.25) is 0 Å². The maximum absolute atomic E-state index is 11.7. The molecule has 0 radical (unpaired) electrons. The van der Waals surface area contributed by atoms with Gasteiger partial charge in [0.05, 0.1) is 18.0 Å². The number of ketones is 1. The fourth-order valence-corrected chi connectivity index (χ4v) is 2.85. The number of nitrogens with zero attached hydrogens (tertiary/aromatic N) is 1. The van der Waals surface area contributed by atoms with E-state index >= 15 is 0 Å². The zero-order valence-electron chi connectivity index (χ0n) is 10.5. The molecule has 2 heterocycles. The van der Waals surface area contributed by atoms with E-state index in [9.17, 15) is 4.79 Å². The third-order valence-corrected chi connectivity index (χ3v) is 3.82. The van der Waals surface area contributed by atoms with Crippen LogP contribution in [0.15, 0.2) is 6.07 Å². The van der Waals surface area contributed by atoms with Crippen molar-refractivity contribution in [3.05, 3.63) is 23.0 Å². The first-order chi connectivity index (χ1) is 8.06. The van der Waals surface area contributed by atoms with E-state index in [1.165, 1.54) is 0 Å². The average molecular weight is 256 g/mol. The lowest BCUT2D eigenvalue weighted by atomic mass is 10.1. The standard InChI is InChI=1S/C13H18ClNO2/c1-8-6-11(13(16)7-14)9(2)15(8)12-4-5-17-10(12)3/h6,10,12H,4-5,7H2,1-3H3. The maximum atomic E-state index is 11.7. The monoisotopic (exact) mass is 255 g/mol. The SMILES string of the molecule is Cc1cc(C(=O)CCl)c(C)n1C1CCOC1C. The van der Waals surface area contributed by atoms with Crippen LogP contribution < -0.4 is 0 Å². The molecule has 17 heavy (non-hydrogen) atoms. The van der Waals surface area contributed by atoms with Crippen LogP contribution in [-0.4, -0.2) is 28.9 Å². The number of carbonyl (C=O) groups is 1. The Balaban J connectivity index is 2.41. The molecule has 1 saturated heterocycles. The summed E-state index contributed by atoms with van der Waals surface area (Å²) in [5.74, 6) is 0.0404. The number of aromatic nitrogens is 1. The van der Waals surface area contributed by atoms with E-state index in [4.69, 9.17) is 16.3 Å². The number of ether oxygens (including phenoxy) is 1. The summed E-state index contributed by atoms with van der Waals surface area (Å²) in [6, 6.07) is 2.28. The predicted molar refractivity (Wildman–Crippen MR) is 68.0 cm³/mol. The van der Waals surface area contributed by atoms with E-state index in [0.717, 1.165) is 30.0 Å². The van der Waals surface area contributed by atoms with Crippen molar-refractivity contribution in [1.29, 1.82) is 0 Å². The van der Waals surface area contributed by atoms with Crippen molar-refractivity contribution in [3.63, 3.8) is 0 Å². The second kappa shape index (κ2) is 4.83. The normalized spacial score (nSPS) is 24.2. The molecular formula is C13H18ClNO2. The van der Waals surface area contributed by atoms with Crippen LogP contribution in [0.4, 0.5) is 0 Å². The maximum Gasteiger partial charge on any atom is 0.179 e. The molecule has 0 bridgehead atoms. The van der Waals surface area contributed by atoms with Crippen LogP contribution >= 0.6 is 11.6 Å². The van der Waals surface area contributed by atoms with Crippen LogP contribution in [0.1, 0.15) is 41.1 Å². The Labute approximate surface area is 107 Å². The molecular weight excluding hydrogens is 238 g/mol. The first-order valence-corrected chi connectivity index (χ1v) is 6.49. The Hall–Kier alpha value is -0.800. The second-order valence-corrected chi connectivity index (χ2v) is 4.91. The highest BCUT2D eigenvalue weighted by Gasteiger charge is 2.29. The van der Waals surface area contributed by atoms with Crippen molar-refractivity contribution < 1.29 is 9.53 Å². The zero-order valence-corrected chi connectivity index (χ0v) is 11.3. The molecule has 0 amide bonds. The minimum absolute atomic E-state index is 0.00224. The number of aryl methyl sites for hydroxylation is 1. The number of rotatable bonds is 3. The van der Waals surface area contributed by atoms with E-state index in [2.05, 4.69) is 11.5 Å². The van der Waals surface area contributed by atoms with E-state index in [1.54, 1.807) is 0 Å². The van der Waals surface area contributed by atoms with Gasteiger partial charge in [-0.05, 0) is 33.3 Å². The first-order valence-electron chi connectivity index (χ1n) is 5.95. The molecule has 1 aromatic rings. The van der Waals surface area contributed by atoms with Crippen LogP contribution in [0.25, 0.3) is 0 Å². The summed E-state index contributed by atoms with van der Waals surface area (Å²) in [6.45, 7) is 6.89. The van der Waals surface area contributed by atoms with Gasteiger partial charge in [-0.1, -0.05) is 0 Å². The van der Waals surface area contributed by atoms with E-state index in [0.29, 0.717) is 6.04 Å². The summed E-state index contributed by atoms with van der Waals surface area (Å²) in [7, 11) is 0. The molecule has 0 saturated carbocycles. The third-order valence-electron chi connectivity index (χ3n) is 3.57. The fourth-order valence-electron chi connectivity index (χ4n) is 2.70. The smallest absolute Gasteiger partial charge is 0.179 e. The van der Waals surface area contributed by atoms with Crippen molar-refractivity contribution >= 4 is 17.4 Å². The third kappa shape index (κ3) is 2.14. The van der Waals surface area contributed by atoms with Crippen molar-refractivity contribution in [3.8, 4) is 0 Å². The van der Waals surface area contributed by atoms with Crippen LogP contribution in [0.5, 0.6) is 0 Å². The van der Waals surface area contributed by atoms with Gasteiger partial charge < -0.3 is 9.30 Å². The Bertz CT molecular complexity index is 439. The number of halogens is 1. The van der Waals surface area contributed by atoms with Crippen LogP contribution in [0.3, 0.4) is 0 Å². The minimum Gasteiger partial charge on any atom is -0.376 e. The van der Waals surface area contributed by atoms with Crippen molar-refractivity contribution in [2.75, 3.05) is 12.5 Å². The highest BCUT2D eigenvalue weighted by molar-refractivity contribution is 6.30. The molecule has 2 unspecified atom stereocenters. The summed E-state index contributed by atoms with van der Waals surface area (Å²) in [5, 5.41) is 0. The Morgan fingerprint density at radius 2 is 2.29 bits per heavy atom. The Morgan fingerprint density at radius 3 is 2.82 bits per heavy atom. The molecule has 0 aromatic carbocycles. The van der Waals surface area contributed by atoms with Crippen molar-refractivity contribution in [1.82, 2.24) is 4.57 Å². The largest absolute Gasteiger partial charge is 0.376 e. The van der Waals surface area contributed by atoms with Gasteiger partial charge in [-0.2, -0.15) is 0 Å². The molecule has 2 atom stereocenters. The van der Waals surface area contributed by atoms with E-state index in [-0.39, 0.29) is 17.8 Å². The molecule has 1 aromatic heterocycles. The summed E-state index contributed by atoms with van der Waals surface area (Å²) < 4.78 is 7.81. The Kier molecular flexibility index (Phi) is 3.59. The van der Waals surface area contributed by atoms with E-state index < -0.39 is 0 Å². The fraction of sp³-hybridized carbons (Fsp3) is 0.615. The van der Waals surface area contributed by atoms with Gasteiger partial charge in [0.1, 0.15) is 0 Å². The first kappa shape index (κ1) is 12.7. The second-order valence-electron chi connectivity index (χ2n) is 4.64. The lowest BCUT2D eigenvalue weighted by Crippen LogP contribution is -2.19. The van der Waals surface area contributed by atoms with Gasteiger partial charge in [-0.3, -0.25) is 4.79 Å². The topological polar surface area (TPSA) is 31.2 Å². The van der Waals surface area contributed by atoms with Gasteiger partial charge >= 0.3 is 0 Å². The summed E-state index contributed by atoms with van der Waals surface area (Å²) in [4.78, 5) is 11.7. The molecule has 1 aliphatic heterocycles. The summed E-state index contributed by atoms with van der Waals surface area (Å²) >= 11 is 5.62. The van der Waals surface area contributed by atoms with Crippen molar-refractivity contribution in [2.24, 2.45) is 0 Å². The molecule has 1 aliphatic rings. The number of hydrogen-bond donors (Lipinski definition) is 0. The summed E-state index contributed by atoms with van der Waals surface area (Å²) in [6.07, 6.45) is 1.21. The zero-order chi connectivity index (χ0) is 12.6. The lowest BCUT2D eigenvalue weighted by Gasteiger charge is -2.20. The Morgan fingerprint density at radius 1 is 1.59 bits per heavy atom.